The Kier molecular flexibility index (Phi) is 4.98. The molecule has 0 aliphatic carbocycles. The molecule has 114 valence electrons. The van der Waals surface area contributed by atoms with Gasteiger partial charge in [-0.3, -0.25) is 4.79 Å². The third-order valence-electron chi connectivity index (χ3n) is 2.39. The van der Waals surface area contributed by atoms with Crippen molar-refractivity contribution in [1.82, 2.24) is 4.72 Å². The molecule has 21 heavy (non-hydrogen) atoms. The molecule has 0 fully saturated rings. The van der Waals surface area contributed by atoms with E-state index in [9.17, 15) is 26.4 Å². The van der Waals surface area contributed by atoms with Crippen molar-refractivity contribution in [3.05, 3.63) is 29.8 Å². The normalized spacial score (nSPS) is 13.4. The van der Waals surface area contributed by atoms with Gasteiger partial charge in [0.2, 0.25) is 10.0 Å². The lowest BCUT2D eigenvalue weighted by atomic mass is 10.2. The maximum absolute atomic E-state index is 12.5. The van der Waals surface area contributed by atoms with E-state index in [-0.39, 0.29) is 0 Å². The highest BCUT2D eigenvalue weighted by molar-refractivity contribution is 7.89. The highest BCUT2D eigenvalue weighted by Crippen LogP contribution is 2.30. The van der Waals surface area contributed by atoms with E-state index in [1.54, 1.807) is 4.72 Å². The van der Waals surface area contributed by atoms with Gasteiger partial charge in [0.1, 0.15) is 6.04 Å². The molecule has 0 aliphatic heterocycles. The largest absolute Gasteiger partial charge is 0.480 e. The van der Waals surface area contributed by atoms with Crippen LogP contribution in [0.4, 0.5) is 13.2 Å². The maximum atomic E-state index is 12.5. The van der Waals surface area contributed by atoms with Crippen LogP contribution in [0.3, 0.4) is 0 Å². The lowest BCUT2D eigenvalue weighted by molar-refractivity contribution is -0.139. The molecular weight excluding hydrogens is 311 g/mol. The summed E-state index contributed by atoms with van der Waals surface area (Å²) in [7, 11) is -4.44. The first-order valence-corrected chi connectivity index (χ1v) is 6.92. The molecular formula is C12H10F3NO4S. The minimum atomic E-state index is -4.71. The average molecular weight is 321 g/mol. The van der Waals surface area contributed by atoms with Crippen LogP contribution < -0.4 is 4.72 Å². The van der Waals surface area contributed by atoms with Crippen LogP contribution in [0.15, 0.2) is 29.2 Å². The van der Waals surface area contributed by atoms with Gasteiger partial charge in [-0.05, 0) is 18.2 Å². The van der Waals surface area contributed by atoms with E-state index in [1.165, 1.54) is 0 Å². The van der Waals surface area contributed by atoms with Crippen LogP contribution >= 0.6 is 0 Å². The number of nitrogens with one attached hydrogen (secondary N) is 1. The van der Waals surface area contributed by atoms with Crippen molar-refractivity contribution in [2.45, 2.75) is 23.5 Å². The molecule has 9 heteroatoms. The van der Waals surface area contributed by atoms with Gasteiger partial charge < -0.3 is 5.11 Å². The second kappa shape index (κ2) is 6.15. The first kappa shape index (κ1) is 17.0. The monoisotopic (exact) mass is 321 g/mol. The predicted octanol–water partition coefficient (Wildman–Crippen LogP) is 1.46. The van der Waals surface area contributed by atoms with Crippen molar-refractivity contribution in [2.24, 2.45) is 0 Å². The second-order valence-corrected chi connectivity index (χ2v) is 5.66. The van der Waals surface area contributed by atoms with Gasteiger partial charge in [0, 0.05) is 6.42 Å². The van der Waals surface area contributed by atoms with Gasteiger partial charge in [0.25, 0.3) is 0 Å². The summed E-state index contributed by atoms with van der Waals surface area (Å²) in [5.41, 5.74) is -1.16. The Morgan fingerprint density at radius 2 is 2.05 bits per heavy atom. The Bertz CT molecular complexity index is 676. The third-order valence-corrected chi connectivity index (χ3v) is 3.86. The maximum Gasteiger partial charge on any atom is 0.416 e. The van der Waals surface area contributed by atoms with Gasteiger partial charge in [-0.2, -0.15) is 17.9 Å². The molecule has 0 heterocycles. The van der Waals surface area contributed by atoms with Crippen molar-refractivity contribution in [2.75, 3.05) is 0 Å². The first-order valence-electron chi connectivity index (χ1n) is 5.44. The molecule has 0 saturated heterocycles. The molecule has 5 nitrogen and oxygen atoms in total. The van der Waals surface area contributed by atoms with Crippen LogP contribution in [-0.4, -0.2) is 25.5 Å². The first-order chi connectivity index (χ1) is 9.58. The number of hydrogen-bond acceptors (Lipinski definition) is 3. The highest BCUT2D eigenvalue weighted by atomic mass is 32.2. The molecule has 0 bridgehead atoms. The van der Waals surface area contributed by atoms with Crippen molar-refractivity contribution in [3.8, 4) is 12.3 Å². The number of carboxylic acid groups (broad SMARTS) is 1. The number of terminal acetylenes is 1. The third kappa shape index (κ3) is 4.47. The van der Waals surface area contributed by atoms with Crippen LogP contribution in [0.5, 0.6) is 0 Å². The lowest BCUT2D eigenvalue weighted by Crippen LogP contribution is -2.40. The van der Waals surface area contributed by atoms with Gasteiger partial charge in [-0.1, -0.05) is 6.07 Å². The molecule has 0 radical (unpaired) electrons. The number of alkyl halides is 3. The van der Waals surface area contributed by atoms with Crippen molar-refractivity contribution < 1.29 is 31.5 Å². The Hall–Kier alpha value is -2.05. The Balaban J connectivity index is 3.14. The SMILES string of the molecule is C#CC[C@@H](NS(=O)(=O)c1cccc(C(F)(F)F)c1)C(=O)O. The van der Waals surface area contributed by atoms with Crippen LogP contribution in [0, 0.1) is 12.3 Å². The number of benzene rings is 1. The number of aliphatic carboxylic acids is 1. The fourth-order valence-corrected chi connectivity index (χ4v) is 2.63. The minimum absolute atomic E-state index is 0.414. The van der Waals surface area contributed by atoms with Crippen LogP contribution in [-0.2, 0) is 21.0 Å². The Morgan fingerprint density at radius 3 is 2.52 bits per heavy atom. The van der Waals surface area contributed by atoms with Gasteiger partial charge in [0.05, 0.1) is 10.5 Å². The zero-order chi connectivity index (χ0) is 16.3. The van der Waals surface area contributed by atoms with Crippen LogP contribution in [0.25, 0.3) is 0 Å². The molecule has 2 N–H and O–H groups in total. The van der Waals surface area contributed by atoms with E-state index in [2.05, 4.69) is 0 Å². The van der Waals surface area contributed by atoms with Crippen molar-refractivity contribution >= 4 is 16.0 Å². The smallest absolute Gasteiger partial charge is 0.416 e. The zero-order valence-corrected chi connectivity index (χ0v) is 11.2. The van der Waals surface area contributed by atoms with Crippen LogP contribution in [0.2, 0.25) is 0 Å². The minimum Gasteiger partial charge on any atom is -0.480 e. The Labute approximate surface area is 118 Å². The summed E-state index contributed by atoms with van der Waals surface area (Å²) in [5.74, 6) is 0.447. The summed E-state index contributed by atoms with van der Waals surface area (Å²) < 4.78 is 63.1. The summed E-state index contributed by atoms with van der Waals surface area (Å²) >= 11 is 0. The molecule has 0 spiro atoms. The quantitative estimate of drug-likeness (QED) is 0.804. The van der Waals surface area contributed by atoms with E-state index in [0.29, 0.717) is 12.1 Å². The summed E-state index contributed by atoms with van der Waals surface area (Å²) in [6.07, 6.45) is -0.240. The summed E-state index contributed by atoms with van der Waals surface area (Å²) in [5, 5.41) is 8.80. The molecule has 1 aromatic carbocycles. The molecule has 0 aliphatic rings. The van der Waals surface area contributed by atoms with E-state index in [1.807, 2.05) is 5.92 Å². The number of hydrogen-bond donors (Lipinski definition) is 2. The zero-order valence-electron chi connectivity index (χ0n) is 10.4. The molecule has 0 unspecified atom stereocenters. The lowest BCUT2D eigenvalue weighted by Gasteiger charge is -2.13. The molecule has 1 aromatic rings. The number of halogens is 3. The van der Waals surface area contributed by atoms with Crippen molar-refractivity contribution in [1.29, 1.82) is 0 Å². The summed E-state index contributed by atoms with van der Waals surface area (Å²) in [6.45, 7) is 0. The highest BCUT2D eigenvalue weighted by Gasteiger charge is 2.32. The summed E-state index contributed by atoms with van der Waals surface area (Å²) in [6, 6.07) is 1.34. The second-order valence-electron chi connectivity index (χ2n) is 3.95. The number of rotatable bonds is 5. The van der Waals surface area contributed by atoms with E-state index >= 15 is 0 Å². The fourth-order valence-electron chi connectivity index (χ4n) is 1.39. The predicted molar refractivity (Wildman–Crippen MR) is 66.6 cm³/mol. The van der Waals surface area contributed by atoms with E-state index in [0.717, 1.165) is 12.1 Å². The van der Waals surface area contributed by atoms with Gasteiger partial charge in [0.15, 0.2) is 0 Å². The molecule has 1 rings (SSSR count). The standard InChI is InChI=1S/C12H10F3NO4S/c1-2-4-10(11(17)18)16-21(19,20)9-6-3-5-8(7-9)12(13,14)15/h1,3,5-7,10,16H,4H2,(H,17,18)/t10-/m1/s1. The number of sulfonamides is 1. The topological polar surface area (TPSA) is 83.5 Å². The van der Waals surface area contributed by atoms with Crippen molar-refractivity contribution in [3.63, 3.8) is 0 Å². The fraction of sp³-hybridized carbons (Fsp3) is 0.250. The van der Waals surface area contributed by atoms with Gasteiger partial charge >= 0.3 is 12.1 Å². The molecule has 1 atom stereocenters. The molecule has 0 aromatic heterocycles. The molecule has 0 amide bonds. The van der Waals surface area contributed by atoms with Gasteiger partial charge in [-0.25, -0.2) is 8.42 Å². The Morgan fingerprint density at radius 1 is 1.43 bits per heavy atom. The average Bonchev–Trinajstić information content (AvgIpc) is 2.37. The molecule has 0 saturated carbocycles. The number of carbonyl (C=O) groups is 1. The van der Waals surface area contributed by atoms with Gasteiger partial charge in [-0.15, -0.1) is 12.3 Å². The summed E-state index contributed by atoms with van der Waals surface area (Å²) in [4.78, 5) is 10.1. The van der Waals surface area contributed by atoms with Crippen LogP contribution in [0.1, 0.15) is 12.0 Å². The van der Waals surface area contributed by atoms with E-state index < -0.39 is 45.1 Å². The number of carboxylic acids is 1. The van der Waals surface area contributed by atoms with E-state index in [4.69, 9.17) is 11.5 Å².